The number of hydrogen-bond acceptors (Lipinski definition) is 3. The highest BCUT2D eigenvalue weighted by atomic mass is 35.5. The Kier molecular flexibility index (Phi) is 4.72. The molecule has 0 fully saturated rings. The molecule has 2 aromatic carbocycles. The molecule has 0 unspecified atom stereocenters. The number of Topliss-reactive ketones (excluding diaryl/α,β-unsaturated/α-hetero) is 1. The van der Waals surface area contributed by atoms with Crippen LogP contribution in [0.25, 0.3) is 6.08 Å². The molecule has 24 heavy (non-hydrogen) atoms. The minimum absolute atomic E-state index is 0.138. The number of fused-ring (bicyclic) bond motifs is 1. The molecule has 1 heterocycles. The van der Waals surface area contributed by atoms with Gasteiger partial charge in [0, 0.05) is 11.1 Å². The van der Waals surface area contributed by atoms with Crippen molar-refractivity contribution in [2.45, 2.75) is 13.8 Å². The lowest BCUT2D eigenvalue weighted by Gasteiger charge is -2.05. The monoisotopic (exact) mass is 340 g/mol. The Labute approximate surface area is 146 Å². The standard InChI is InChI=1S/C20H17ClO3/c1-13(2)8-9-23-16-6-7-17-18(12-16)24-19(20(17)22)11-14-4-3-5-15(21)10-14/h3-8,10-12H,9H2,1-2H3. The molecule has 122 valence electrons. The first kappa shape index (κ1) is 16.3. The van der Waals surface area contributed by atoms with Gasteiger partial charge in [-0.25, -0.2) is 0 Å². The van der Waals surface area contributed by atoms with Crippen molar-refractivity contribution in [2.75, 3.05) is 6.61 Å². The smallest absolute Gasteiger partial charge is 0.231 e. The van der Waals surface area contributed by atoms with Gasteiger partial charge >= 0.3 is 0 Å². The molecule has 0 spiro atoms. The molecule has 0 saturated heterocycles. The Morgan fingerprint density at radius 2 is 2.04 bits per heavy atom. The van der Waals surface area contributed by atoms with Crippen LogP contribution in [0.5, 0.6) is 11.5 Å². The van der Waals surface area contributed by atoms with Gasteiger partial charge in [-0.1, -0.05) is 29.3 Å². The fourth-order valence-corrected chi connectivity index (χ4v) is 2.51. The van der Waals surface area contributed by atoms with E-state index in [1.165, 1.54) is 5.57 Å². The van der Waals surface area contributed by atoms with E-state index in [1.807, 2.05) is 32.1 Å². The van der Waals surface area contributed by atoms with Crippen LogP contribution in [0.2, 0.25) is 5.02 Å². The number of rotatable bonds is 4. The van der Waals surface area contributed by atoms with Gasteiger partial charge in [-0.05, 0) is 55.8 Å². The fourth-order valence-electron chi connectivity index (χ4n) is 2.31. The third-order valence-corrected chi connectivity index (χ3v) is 3.76. The molecule has 0 radical (unpaired) electrons. The molecule has 4 heteroatoms. The molecule has 3 rings (SSSR count). The first-order valence-corrected chi connectivity index (χ1v) is 8.01. The van der Waals surface area contributed by atoms with Crippen LogP contribution < -0.4 is 9.47 Å². The molecule has 1 aliphatic heterocycles. The van der Waals surface area contributed by atoms with Crippen molar-refractivity contribution in [2.24, 2.45) is 0 Å². The highest BCUT2D eigenvalue weighted by molar-refractivity contribution is 6.30. The third kappa shape index (κ3) is 3.69. The summed E-state index contributed by atoms with van der Waals surface area (Å²) in [7, 11) is 0. The Morgan fingerprint density at radius 3 is 2.79 bits per heavy atom. The van der Waals surface area contributed by atoms with Gasteiger partial charge < -0.3 is 9.47 Å². The molecular formula is C20H17ClO3. The highest BCUT2D eigenvalue weighted by Crippen LogP contribution is 2.35. The van der Waals surface area contributed by atoms with Crippen molar-refractivity contribution in [3.63, 3.8) is 0 Å². The van der Waals surface area contributed by atoms with Crippen LogP contribution in [0.15, 0.2) is 59.9 Å². The van der Waals surface area contributed by atoms with Gasteiger partial charge in [0.1, 0.15) is 18.1 Å². The maximum Gasteiger partial charge on any atom is 0.231 e. The van der Waals surface area contributed by atoms with Gasteiger partial charge in [-0.2, -0.15) is 0 Å². The molecule has 0 amide bonds. The third-order valence-electron chi connectivity index (χ3n) is 3.53. The van der Waals surface area contributed by atoms with Crippen LogP contribution in [-0.4, -0.2) is 12.4 Å². The number of halogens is 1. The average molecular weight is 341 g/mol. The molecule has 0 saturated carbocycles. The summed E-state index contributed by atoms with van der Waals surface area (Å²) in [5.74, 6) is 1.33. The predicted octanol–water partition coefficient (Wildman–Crippen LogP) is 5.30. The normalized spacial score (nSPS) is 14.3. The number of ether oxygens (including phenoxy) is 2. The molecule has 0 aromatic heterocycles. The van der Waals surface area contributed by atoms with Gasteiger partial charge in [0.2, 0.25) is 5.78 Å². The zero-order valence-electron chi connectivity index (χ0n) is 13.5. The van der Waals surface area contributed by atoms with E-state index in [4.69, 9.17) is 21.1 Å². The lowest BCUT2D eigenvalue weighted by Crippen LogP contribution is -1.98. The minimum Gasteiger partial charge on any atom is -0.489 e. The summed E-state index contributed by atoms with van der Waals surface area (Å²) in [6.45, 7) is 4.52. The van der Waals surface area contributed by atoms with Gasteiger partial charge in [0.25, 0.3) is 0 Å². The maximum atomic E-state index is 12.4. The quantitative estimate of drug-likeness (QED) is 0.559. The van der Waals surface area contributed by atoms with Crippen LogP contribution >= 0.6 is 11.6 Å². The molecule has 0 bridgehead atoms. The Morgan fingerprint density at radius 1 is 1.21 bits per heavy atom. The first-order valence-electron chi connectivity index (χ1n) is 7.63. The fraction of sp³-hybridized carbons (Fsp3) is 0.150. The second-order valence-electron chi connectivity index (χ2n) is 5.75. The second-order valence-corrected chi connectivity index (χ2v) is 6.18. The molecule has 1 aliphatic rings. The van der Waals surface area contributed by atoms with Gasteiger partial charge in [-0.15, -0.1) is 0 Å². The van der Waals surface area contributed by atoms with E-state index in [2.05, 4.69) is 0 Å². The van der Waals surface area contributed by atoms with Gasteiger partial charge in [0.15, 0.2) is 5.76 Å². The minimum atomic E-state index is -0.138. The summed E-state index contributed by atoms with van der Waals surface area (Å²) in [6.07, 6.45) is 3.68. The molecule has 2 aromatic rings. The van der Waals surface area contributed by atoms with E-state index in [-0.39, 0.29) is 11.5 Å². The number of allylic oxidation sites excluding steroid dienone is 2. The molecular weight excluding hydrogens is 324 g/mol. The van der Waals surface area contributed by atoms with Crippen molar-refractivity contribution in [3.8, 4) is 11.5 Å². The zero-order chi connectivity index (χ0) is 17.1. The van der Waals surface area contributed by atoms with E-state index in [9.17, 15) is 4.79 Å². The maximum absolute atomic E-state index is 12.4. The topological polar surface area (TPSA) is 35.5 Å². The van der Waals surface area contributed by atoms with Crippen molar-refractivity contribution in [3.05, 3.63) is 76.0 Å². The summed E-state index contributed by atoms with van der Waals surface area (Å²) in [4.78, 5) is 12.4. The Balaban J connectivity index is 1.81. The summed E-state index contributed by atoms with van der Waals surface area (Å²) in [5.41, 5.74) is 2.55. The van der Waals surface area contributed by atoms with Crippen molar-refractivity contribution < 1.29 is 14.3 Å². The van der Waals surface area contributed by atoms with Crippen LogP contribution in [0, 0.1) is 0 Å². The van der Waals surface area contributed by atoms with Crippen LogP contribution in [0.3, 0.4) is 0 Å². The number of hydrogen-bond donors (Lipinski definition) is 0. The van der Waals surface area contributed by atoms with Crippen LogP contribution in [-0.2, 0) is 0 Å². The molecule has 0 atom stereocenters. The summed E-state index contributed by atoms with van der Waals surface area (Å²) >= 11 is 5.97. The summed E-state index contributed by atoms with van der Waals surface area (Å²) in [6, 6.07) is 12.5. The van der Waals surface area contributed by atoms with Crippen molar-refractivity contribution in [1.29, 1.82) is 0 Å². The number of carbonyl (C=O) groups excluding carboxylic acids is 1. The summed E-state index contributed by atoms with van der Waals surface area (Å²) < 4.78 is 11.3. The zero-order valence-corrected chi connectivity index (χ0v) is 14.3. The second kappa shape index (κ2) is 6.93. The predicted molar refractivity (Wildman–Crippen MR) is 95.8 cm³/mol. The Hall–Kier alpha value is -2.52. The van der Waals surface area contributed by atoms with E-state index in [1.54, 1.807) is 36.4 Å². The number of ketones is 1. The average Bonchev–Trinajstić information content (AvgIpc) is 2.83. The summed E-state index contributed by atoms with van der Waals surface area (Å²) in [5, 5.41) is 0.613. The van der Waals surface area contributed by atoms with E-state index in [0.29, 0.717) is 28.7 Å². The SMILES string of the molecule is CC(C)=CCOc1ccc2c(c1)OC(=Cc1cccc(Cl)c1)C2=O. The van der Waals surface area contributed by atoms with Crippen LogP contribution in [0.4, 0.5) is 0 Å². The van der Waals surface area contributed by atoms with E-state index in [0.717, 1.165) is 5.56 Å². The molecule has 0 aliphatic carbocycles. The van der Waals surface area contributed by atoms with Gasteiger partial charge in [-0.3, -0.25) is 4.79 Å². The largest absolute Gasteiger partial charge is 0.489 e. The van der Waals surface area contributed by atoms with Gasteiger partial charge in [0.05, 0.1) is 5.56 Å². The first-order chi connectivity index (χ1) is 11.5. The highest BCUT2D eigenvalue weighted by Gasteiger charge is 2.27. The lowest BCUT2D eigenvalue weighted by atomic mass is 10.1. The van der Waals surface area contributed by atoms with E-state index >= 15 is 0 Å². The number of carbonyl (C=O) groups is 1. The Bertz CT molecular complexity index is 846. The molecule has 3 nitrogen and oxygen atoms in total. The van der Waals surface area contributed by atoms with Crippen molar-refractivity contribution in [1.82, 2.24) is 0 Å². The van der Waals surface area contributed by atoms with E-state index < -0.39 is 0 Å². The van der Waals surface area contributed by atoms with Crippen molar-refractivity contribution >= 4 is 23.5 Å². The number of benzene rings is 2. The van der Waals surface area contributed by atoms with Crippen LogP contribution in [0.1, 0.15) is 29.8 Å². The lowest BCUT2D eigenvalue weighted by molar-refractivity contribution is 0.101. The molecule has 0 N–H and O–H groups in total.